The van der Waals surface area contributed by atoms with E-state index >= 15 is 0 Å². The lowest BCUT2D eigenvalue weighted by Crippen LogP contribution is -2.42. The summed E-state index contributed by atoms with van der Waals surface area (Å²) in [4.78, 5) is 14.3. The van der Waals surface area contributed by atoms with E-state index in [2.05, 4.69) is 4.72 Å². The lowest BCUT2D eigenvalue weighted by molar-refractivity contribution is -0.127. The van der Waals surface area contributed by atoms with E-state index in [1.54, 1.807) is 23.1 Å². The Labute approximate surface area is 174 Å². The lowest BCUT2D eigenvalue weighted by Gasteiger charge is -2.27. The molecule has 6 nitrogen and oxygen atoms in total. The van der Waals surface area contributed by atoms with E-state index in [0.717, 1.165) is 0 Å². The van der Waals surface area contributed by atoms with Crippen LogP contribution in [0.4, 0.5) is 11.4 Å². The molecule has 9 heteroatoms. The zero-order valence-corrected chi connectivity index (χ0v) is 18.0. The second kappa shape index (κ2) is 7.46. The lowest BCUT2D eigenvalue weighted by atomic mass is 9.93. The van der Waals surface area contributed by atoms with Crippen molar-refractivity contribution in [2.45, 2.75) is 25.7 Å². The number of fused-ring (bicyclic) bond motifs is 1. The van der Waals surface area contributed by atoms with Gasteiger partial charge >= 0.3 is 0 Å². The number of halogens is 2. The fourth-order valence-corrected chi connectivity index (χ4v) is 4.73. The van der Waals surface area contributed by atoms with Crippen LogP contribution >= 0.6 is 23.2 Å². The van der Waals surface area contributed by atoms with Gasteiger partial charge in [0.05, 0.1) is 21.8 Å². The second-order valence-corrected chi connectivity index (χ2v) is 9.58. The summed E-state index contributed by atoms with van der Waals surface area (Å²) in [7, 11) is -3.97. The van der Waals surface area contributed by atoms with Crippen LogP contribution in [0.25, 0.3) is 0 Å². The quantitative estimate of drug-likeness (QED) is 0.752. The SMILES string of the molecule is CCN1C(=O)C(C)(C)COc2ccc(NS(=O)(=O)c3cc(Cl)ccc3Cl)cc21. The van der Waals surface area contributed by atoms with Gasteiger partial charge in [0.2, 0.25) is 5.91 Å². The van der Waals surface area contributed by atoms with Gasteiger partial charge in [0, 0.05) is 11.6 Å². The molecule has 150 valence electrons. The highest BCUT2D eigenvalue weighted by Crippen LogP contribution is 2.38. The molecule has 0 aromatic heterocycles. The van der Waals surface area contributed by atoms with Gasteiger partial charge in [0.15, 0.2) is 0 Å². The number of amides is 1. The van der Waals surface area contributed by atoms with Gasteiger partial charge in [-0.3, -0.25) is 9.52 Å². The van der Waals surface area contributed by atoms with Gasteiger partial charge in [-0.2, -0.15) is 0 Å². The van der Waals surface area contributed by atoms with E-state index in [-0.39, 0.29) is 33.1 Å². The van der Waals surface area contributed by atoms with Crippen LogP contribution in [0.1, 0.15) is 20.8 Å². The molecular formula is C19H20Cl2N2O4S. The molecule has 0 saturated heterocycles. The van der Waals surface area contributed by atoms with Crippen molar-refractivity contribution in [1.29, 1.82) is 0 Å². The van der Waals surface area contributed by atoms with Crippen molar-refractivity contribution in [1.82, 2.24) is 0 Å². The van der Waals surface area contributed by atoms with E-state index in [9.17, 15) is 13.2 Å². The van der Waals surface area contributed by atoms with Crippen molar-refractivity contribution in [2.75, 3.05) is 22.8 Å². The number of ether oxygens (including phenoxy) is 1. The van der Waals surface area contributed by atoms with Gasteiger partial charge < -0.3 is 9.64 Å². The largest absolute Gasteiger partial charge is 0.490 e. The Hall–Kier alpha value is -1.96. The molecule has 0 aliphatic carbocycles. The maximum absolute atomic E-state index is 12.8. The predicted octanol–water partition coefficient (Wildman–Crippen LogP) is 4.57. The zero-order valence-electron chi connectivity index (χ0n) is 15.6. The third kappa shape index (κ3) is 3.92. The number of rotatable bonds is 4. The van der Waals surface area contributed by atoms with Crippen molar-refractivity contribution in [3.8, 4) is 5.75 Å². The van der Waals surface area contributed by atoms with Gasteiger partial charge in [0.1, 0.15) is 17.3 Å². The summed E-state index contributed by atoms with van der Waals surface area (Å²) in [6.45, 7) is 6.14. The van der Waals surface area contributed by atoms with Crippen LogP contribution in [0.15, 0.2) is 41.3 Å². The first-order chi connectivity index (χ1) is 13.0. The van der Waals surface area contributed by atoms with E-state index in [4.69, 9.17) is 27.9 Å². The van der Waals surface area contributed by atoms with Crippen molar-refractivity contribution in [3.05, 3.63) is 46.4 Å². The minimum Gasteiger partial charge on any atom is -0.490 e. The third-order valence-electron chi connectivity index (χ3n) is 4.41. The van der Waals surface area contributed by atoms with Crippen molar-refractivity contribution in [2.24, 2.45) is 5.41 Å². The first kappa shape index (κ1) is 20.8. The summed E-state index contributed by atoms with van der Waals surface area (Å²) in [6.07, 6.45) is 0. The van der Waals surface area contributed by atoms with Crippen molar-refractivity contribution < 1.29 is 17.9 Å². The van der Waals surface area contributed by atoms with Gasteiger partial charge in [-0.1, -0.05) is 23.2 Å². The summed E-state index contributed by atoms with van der Waals surface area (Å²) in [5, 5.41) is 0.312. The maximum atomic E-state index is 12.8. The highest BCUT2D eigenvalue weighted by molar-refractivity contribution is 7.92. The Morgan fingerprint density at radius 2 is 1.89 bits per heavy atom. The molecule has 1 N–H and O–H groups in total. The molecule has 0 spiro atoms. The number of anilines is 2. The summed E-state index contributed by atoms with van der Waals surface area (Å²) < 4.78 is 33.8. The Morgan fingerprint density at radius 3 is 2.57 bits per heavy atom. The van der Waals surface area contributed by atoms with Gasteiger partial charge in [-0.15, -0.1) is 0 Å². The van der Waals surface area contributed by atoms with Crippen LogP contribution in [0.3, 0.4) is 0 Å². The van der Waals surface area contributed by atoms with Crippen LogP contribution in [-0.4, -0.2) is 27.5 Å². The molecule has 0 fully saturated rings. The molecule has 1 aliphatic rings. The Morgan fingerprint density at radius 1 is 1.18 bits per heavy atom. The molecule has 3 rings (SSSR count). The van der Waals surface area contributed by atoms with Crippen LogP contribution in [0, 0.1) is 5.41 Å². The molecule has 0 saturated carbocycles. The maximum Gasteiger partial charge on any atom is 0.263 e. The second-order valence-electron chi connectivity index (χ2n) is 7.08. The normalized spacial score (nSPS) is 16.2. The Bertz CT molecular complexity index is 1040. The molecule has 1 aliphatic heterocycles. The summed E-state index contributed by atoms with van der Waals surface area (Å²) >= 11 is 11.9. The topological polar surface area (TPSA) is 75.7 Å². The van der Waals surface area contributed by atoms with Crippen molar-refractivity contribution in [3.63, 3.8) is 0 Å². The van der Waals surface area contributed by atoms with E-state index < -0.39 is 15.4 Å². The predicted molar refractivity (Wildman–Crippen MR) is 111 cm³/mol. The number of benzene rings is 2. The van der Waals surface area contributed by atoms with Crippen LogP contribution in [-0.2, 0) is 14.8 Å². The fourth-order valence-electron chi connectivity index (χ4n) is 2.92. The average Bonchev–Trinajstić information content (AvgIpc) is 2.71. The molecule has 0 bridgehead atoms. The molecule has 0 atom stereocenters. The zero-order chi connectivity index (χ0) is 20.7. The number of nitrogens with zero attached hydrogens (tertiary/aromatic N) is 1. The summed E-state index contributed by atoms with van der Waals surface area (Å²) in [5.74, 6) is 0.427. The van der Waals surface area contributed by atoms with Crippen molar-refractivity contribution >= 4 is 50.5 Å². The molecule has 28 heavy (non-hydrogen) atoms. The van der Waals surface area contributed by atoms with Crippen LogP contribution in [0.2, 0.25) is 10.0 Å². The van der Waals surface area contributed by atoms with Gasteiger partial charge in [-0.05, 0) is 57.2 Å². The van der Waals surface area contributed by atoms with Crippen LogP contribution in [0.5, 0.6) is 5.75 Å². The van der Waals surface area contributed by atoms with Crippen LogP contribution < -0.4 is 14.4 Å². The standard InChI is InChI=1S/C19H20Cl2N2O4S/c1-4-23-15-10-13(6-8-16(15)27-11-19(2,3)18(23)24)22-28(25,26)17-9-12(20)5-7-14(17)21/h5-10,22H,4,11H2,1-3H3. The fraction of sp³-hybridized carbons (Fsp3) is 0.316. The highest BCUT2D eigenvalue weighted by Gasteiger charge is 2.37. The number of hydrogen-bond donors (Lipinski definition) is 1. The number of carbonyl (C=O) groups is 1. The molecule has 0 unspecified atom stereocenters. The Balaban J connectivity index is 2.00. The molecule has 1 heterocycles. The minimum absolute atomic E-state index is 0.0575. The number of hydrogen-bond acceptors (Lipinski definition) is 4. The minimum atomic E-state index is -3.97. The van der Waals surface area contributed by atoms with E-state index in [0.29, 0.717) is 18.0 Å². The third-order valence-corrected chi connectivity index (χ3v) is 6.51. The first-order valence-electron chi connectivity index (χ1n) is 8.62. The smallest absolute Gasteiger partial charge is 0.263 e. The summed E-state index contributed by atoms with van der Waals surface area (Å²) in [5.41, 5.74) is 0.100. The Kier molecular flexibility index (Phi) is 5.53. The number of nitrogens with one attached hydrogen (secondary N) is 1. The average molecular weight is 443 g/mol. The number of carbonyl (C=O) groups excluding carboxylic acids is 1. The first-order valence-corrected chi connectivity index (χ1v) is 10.9. The monoisotopic (exact) mass is 442 g/mol. The molecule has 2 aromatic rings. The summed E-state index contributed by atoms with van der Waals surface area (Å²) in [6, 6.07) is 9.00. The molecule has 2 aromatic carbocycles. The van der Waals surface area contributed by atoms with Gasteiger partial charge in [0.25, 0.3) is 10.0 Å². The molecule has 1 amide bonds. The molecular weight excluding hydrogens is 423 g/mol. The highest BCUT2D eigenvalue weighted by atomic mass is 35.5. The van der Waals surface area contributed by atoms with Gasteiger partial charge in [-0.25, -0.2) is 8.42 Å². The molecule has 0 radical (unpaired) electrons. The van der Waals surface area contributed by atoms with E-state index in [1.165, 1.54) is 18.2 Å². The van der Waals surface area contributed by atoms with E-state index in [1.807, 2.05) is 20.8 Å². The number of sulfonamides is 1.